The summed E-state index contributed by atoms with van der Waals surface area (Å²) in [7, 11) is 0. The van der Waals surface area contributed by atoms with Crippen molar-refractivity contribution in [3.8, 4) is 0 Å². The summed E-state index contributed by atoms with van der Waals surface area (Å²) in [6.07, 6.45) is 1.86. The summed E-state index contributed by atoms with van der Waals surface area (Å²) in [6, 6.07) is 3.25. The minimum Gasteiger partial charge on any atom is -0.373 e. The van der Waals surface area contributed by atoms with E-state index in [9.17, 15) is 4.79 Å². The number of anilines is 1. The molecule has 2 rings (SSSR count). The van der Waals surface area contributed by atoms with Crippen LogP contribution in [0, 0.1) is 0 Å². The van der Waals surface area contributed by atoms with Crippen LogP contribution >= 0.6 is 11.6 Å². The van der Waals surface area contributed by atoms with Crippen molar-refractivity contribution >= 4 is 23.2 Å². The Kier molecular flexibility index (Phi) is 4.96. The van der Waals surface area contributed by atoms with Crippen molar-refractivity contribution in [3.05, 3.63) is 23.5 Å². The van der Waals surface area contributed by atoms with E-state index in [0.29, 0.717) is 10.8 Å². The lowest BCUT2D eigenvalue weighted by Crippen LogP contribution is -2.52. The molecule has 1 fully saturated rings. The Morgan fingerprint density at radius 1 is 1.50 bits per heavy atom. The van der Waals surface area contributed by atoms with Gasteiger partial charge in [0.1, 0.15) is 0 Å². The number of nitrogens with one attached hydrogen (secondary N) is 1. The van der Waals surface area contributed by atoms with Gasteiger partial charge in [-0.1, -0.05) is 11.6 Å². The van der Waals surface area contributed by atoms with Crippen molar-refractivity contribution < 1.29 is 9.53 Å². The zero-order chi connectivity index (χ0) is 14.7. The molecule has 6 heteroatoms. The van der Waals surface area contributed by atoms with Crippen molar-refractivity contribution in [1.29, 1.82) is 0 Å². The molecule has 0 unspecified atom stereocenters. The van der Waals surface area contributed by atoms with Crippen molar-refractivity contribution in [2.24, 2.45) is 0 Å². The first-order chi connectivity index (χ1) is 9.47. The van der Waals surface area contributed by atoms with Gasteiger partial charge in [0.25, 0.3) is 0 Å². The van der Waals surface area contributed by atoms with Crippen molar-refractivity contribution in [2.75, 3.05) is 18.4 Å². The van der Waals surface area contributed by atoms with Gasteiger partial charge in [0.2, 0.25) is 5.91 Å². The van der Waals surface area contributed by atoms with E-state index in [2.05, 4.69) is 15.2 Å². The molecule has 0 saturated carbocycles. The number of hydrogen-bond acceptors (Lipinski definition) is 4. The summed E-state index contributed by atoms with van der Waals surface area (Å²) in [4.78, 5) is 18.4. The molecule has 1 aromatic heterocycles. The van der Waals surface area contributed by atoms with Gasteiger partial charge in [-0.15, -0.1) is 0 Å². The van der Waals surface area contributed by atoms with E-state index in [1.807, 2.05) is 20.8 Å². The van der Waals surface area contributed by atoms with Crippen LogP contribution < -0.4 is 5.32 Å². The summed E-state index contributed by atoms with van der Waals surface area (Å²) >= 11 is 5.95. The van der Waals surface area contributed by atoms with Gasteiger partial charge in [-0.2, -0.15) is 0 Å². The number of amides is 1. The third-order valence-corrected chi connectivity index (χ3v) is 3.69. The number of hydrogen-bond donors (Lipinski definition) is 1. The lowest BCUT2D eigenvalue weighted by atomic mass is 10.1. The molecule has 1 aliphatic heterocycles. The number of halogens is 1. The van der Waals surface area contributed by atoms with Gasteiger partial charge in [0.15, 0.2) is 5.15 Å². The van der Waals surface area contributed by atoms with Gasteiger partial charge in [-0.3, -0.25) is 9.69 Å². The molecule has 0 bridgehead atoms. The Bertz CT molecular complexity index is 473. The summed E-state index contributed by atoms with van der Waals surface area (Å²) in [5, 5.41) is 3.12. The third kappa shape index (κ3) is 3.69. The monoisotopic (exact) mass is 297 g/mol. The fourth-order valence-electron chi connectivity index (χ4n) is 2.42. The molecule has 1 N–H and O–H groups in total. The average Bonchev–Trinajstić information content (AvgIpc) is 2.39. The largest absolute Gasteiger partial charge is 0.373 e. The van der Waals surface area contributed by atoms with Crippen LogP contribution in [0.15, 0.2) is 18.3 Å². The summed E-state index contributed by atoms with van der Waals surface area (Å²) < 4.78 is 5.68. The second kappa shape index (κ2) is 6.52. The summed E-state index contributed by atoms with van der Waals surface area (Å²) in [5.74, 6) is -0.0822. The van der Waals surface area contributed by atoms with Crippen LogP contribution in [0.5, 0.6) is 0 Å². The molecule has 1 saturated heterocycles. The average molecular weight is 298 g/mol. The highest BCUT2D eigenvalue weighted by Gasteiger charge is 2.29. The maximum Gasteiger partial charge on any atom is 0.241 e. The first kappa shape index (κ1) is 15.2. The van der Waals surface area contributed by atoms with E-state index in [-0.39, 0.29) is 24.2 Å². The van der Waals surface area contributed by atoms with E-state index in [4.69, 9.17) is 16.3 Å². The SMILES string of the molecule is C[C@@H]1CN([C@@H](C)C(=O)Nc2cccnc2Cl)C[C@H](C)O1. The highest BCUT2D eigenvalue weighted by atomic mass is 35.5. The lowest BCUT2D eigenvalue weighted by Gasteiger charge is -2.38. The van der Waals surface area contributed by atoms with Gasteiger partial charge in [-0.05, 0) is 32.9 Å². The Balaban J connectivity index is 2.00. The standard InChI is InChI=1S/C14H20ClN3O2/c1-9-7-18(8-10(2)20-9)11(3)14(19)17-12-5-4-6-16-13(12)15/h4-6,9-11H,7-8H2,1-3H3,(H,17,19)/t9-,10+,11-/m0/s1. The molecule has 2 heterocycles. The number of rotatable bonds is 3. The van der Waals surface area contributed by atoms with Gasteiger partial charge < -0.3 is 10.1 Å². The second-order valence-electron chi connectivity index (χ2n) is 5.22. The van der Waals surface area contributed by atoms with Crippen LogP contribution in [0.4, 0.5) is 5.69 Å². The summed E-state index contributed by atoms with van der Waals surface area (Å²) in [5.41, 5.74) is 0.542. The quantitative estimate of drug-likeness (QED) is 0.869. The lowest BCUT2D eigenvalue weighted by molar-refractivity contribution is -0.126. The zero-order valence-corrected chi connectivity index (χ0v) is 12.7. The molecule has 1 aliphatic rings. The number of aromatic nitrogens is 1. The smallest absolute Gasteiger partial charge is 0.241 e. The van der Waals surface area contributed by atoms with E-state index in [1.54, 1.807) is 18.3 Å². The van der Waals surface area contributed by atoms with Crippen molar-refractivity contribution in [2.45, 2.75) is 39.0 Å². The third-order valence-electron chi connectivity index (χ3n) is 3.39. The van der Waals surface area contributed by atoms with Crippen LogP contribution in [0.3, 0.4) is 0 Å². The minimum absolute atomic E-state index is 0.0822. The molecule has 0 radical (unpaired) electrons. The molecular weight excluding hydrogens is 278 g/mol. The maximum absolute atomic E-state index is 12.3. The van der Waals surface area contributed by atoms with Crippen LogP contribution in [0.25, 0.3) is 0 Å². The van der Waals surface area contributed by atoms with Gasteiger partial charge in [0, 0.05) is 19.3 Å². The number of carbonyl (C=O) groups excluding carboxylic acids is 1. The molecule has 110 valence electrons. The molecular formula is C14H20ClN3O2. The predicted molar refractivity (Wildman–Crippen MR) is 78.9 cm³/mol. The Morgan fingerprint density at radius 3 is 2.75 bits per heavy atom. The van der Waals surface area contributed by atoms with Crippen LogP contribution in [-0.4, -0.2) is 47.1 Å². The Hall–Kier alpha value is -1.17. The zero-order valence-electron chi connectivity index (χ0n) is 12.0. The number of pyridine rings is 1. The molecule has 1 aromatic rings. The molecule has 0 aliphatic carbocycles. The fraction of sp³-hybridized carbons (Fsp3) is 0.571. The second-order valence-corrected chi connectivity index (χ2v) is 5.58. The highest BCUT2D eigenvalue weighted by Crippen LogP contribution is 2.19. The van der Waals surface area contributed by atoms with Gasteiger partial charge in [-0.25, -0.2) is 4.98 Å². The summed E-state index contributed by atoms with van der Waals surface area (Å²) in [6.45, 7) is 7.43. The van der Waals surface area contributed by atoms with E-state index < -0.39 is 0 Å². The number of nitrogens with zero attached hydrogens (tertiary/aromatic N) is 2. The number of ether oxygens (including phenoxy) is 1. The van der Waals surface area contributed by atoms with Crippen molar-refractivity contribution in [3.63, 3.8) is 0 Å². The first-order valence-electron chi connectivity index (χ1n) is 6.78. The number of morpholine rings is 1. The topological polar surface area (TPSA) is 54.5 Å². The van der Waals surface area contributed by atoms with Crippen LogP contribution in [0.2, 0.25) is 5.15 Å². The Labute approximate surface area is 124 Å². The highest BCUT2D eigenvalue weighted by molar-refractivity contribution is 6.32. The predicted octanol–water partition coefficient (Wildman–Crippen LogP) is 2.17. The molecule has 0 spiro atoms. The molecule has 1 amide bonds. The Morgan fingerprint density at radius 2 is 2.15 bits per heavy atom. The molecule has 3 atom stereocenters. The number of carbonyl (C=O) groups is 1. The minimum atomic E-state index is -0.236. The first-order valence-corrected chi connectivity index (χ1v) is 7.16. The van der Waals surface area contributed by atoms with Crippen LogP contribution in [-0.2, 0) is 9.53 Å². The molecule has 20 heavy (non-hydrogen) atoms. The van der Waals surface area contributed by atoms with Crippen LogP contribution in [0.1, 0.15) is 20.8 Å². The van der Waals surface area contributed by atoms with Crippen molar-refractivity contribution in [1.82, 2.24) is 9.88 Å². The normalized spacial score (nSPS) is 25.2. The maximum atomic E-state index is 12.3. The fourth-order valence-corrected chi connectivity index (χ4v) is 2.58. The van der Waals surface area contributed by atoms with Gasteiger partial charge >= 0.3 is 0 Å². The molecule has 5 nitrogen and oxygen atoms in total. The van der Waals surface area contributed by atoms with E-state index in [1.165, 1.54) is 0 Å². The van der Waals surface area contributed by atoms with E-state index in [0.717, 1.165) is 13.1 Å². The molecule has 0 aromatic carbocycles. The van der Waals surface area contributed by atoms with Gasteiger partial charge in [0.05, 0.1) is 23.9 Å². The van der Waals surface area contributed by atoms with E-state index >= 15 is 0 Å².